The molecule has 0 radical (unpaired) electrons. The van der Waals surface area contributed by atoms with Crippen molar-refractivity contribution < 1.29 is 15.0 Å². The van der Waals surface area contributed by atoms with Crippen molar-refractivity contribution in [2.45, 2.75) is 6.54 Å². The molecular formula is C12H11N3O3. The van der Waals surface area contributed by atoms with Crippen molar-refractivity contribution in [2.75, 3.05) is 0 Å². The molecule has 1 heterocycles. The second-order valence-corrected chi connectivity index (χ2v) is 3.57. The van der Waals surface area contributed by atoms with E-state index >= 15 is 0 Å². The summed E-state index contributed by atoms with van der Waals surface area (Å²) in [4.78, 5) is 11.8. The number of nitrogens with zero attached hydrogens (tertiary/aromatic N) is 2. The van der Waals surface area contributed by atoms with E-state index in [1.165, 1.54) is 24.4 Å². The highest BCUT2D eigenvalue weighted by Crippen LogP contribution is 2.25. The lowest BCUT2D eigenvalue weighted by Gasteiger charge is -2.07. The van der Waals surface area contributed by atoms with Crippen LogP contribution < -0.4 is 5.32 Å². The van der Waals surface area contributed by atoms with Crippen LogP contribution in [-0.2, 0) is 6.54 Å². The van der Waals surface area contributed by atoms with Gasteiger partial charge >= 0.3 is 0 Å². The maximum Gasteiger partial charge on any atom is 0.259 e. The van der Waals surface area contributed by atoms with Crippen LogP contribution in [-0.4, -0.2) is 26.3 Å². The molecule has 2 rings (SSSR count). The molecule has 0 unspecified atom stereocenters. The summed E-state index contributed by atoms with van der Waals surface area (Å²) in [7, 11) is 0. The Balaban J connectivity index is 2.09. The summed E-state index contributed by atoms with van der Waals surface area (Å²) in [5.41, 5.74) is 0.433. The number of hydrogen-bond acceptors (Lipinski definition) is 5. The Bertz CT molecular complexity index is 537. The highest BCUT2D eigenvalue weighted by molar-refractivity contribution is 5.99. The second-order valence-electron chi connectivity index (χ2n) is 3.57. The number of benzene rings is 1. The summed E-state index contributed by atoms with van der Waals surface area (Å²) in [5, 5.41) is 29.0. The zero-order chi connectivity index (χ0) is 13.0. The Kier molecular flexibility index (Phi) is 3.38. The van der Waals surface area contributed by atoms with Crippen LogP contribution in [0.1, 0.15) is 16.1 Å². The summed E-state index contributed by atoms with van der Waals surface area (Å²) in [6.45, 7) is 0.167. The molecule has 0 fully saturated rings. The smallest absolute Gasteiger partial charge is 0.259 e. The number of aromatic hydroxyl groups is 2. The molecule has 0 bridgehead atoms. The van der Waals surface area contributed by atoms with E-state index in [1.54, 1.807) is 12.1 Å². The van der Waals surface area contributed by atoms with E-state index in [4.69, 9.17) is 0 Å². The first-order chi connectivity index (χ1) is 8.68. The first kappa shape index (κ1) is 11.8. The van der Waals surface area contributed by atoms with Gasteiger partial charge in [-0.25, -0.2) is 0 Å². The van der Waals surface area contributed by atoms with Crippen LogP contribution >= 0.6 is 0 Å². The fourth-order valence-corrected chi connectivity index (χ4v) is 1.45. The summed E-state index contributed by atoms with van der Waals surface area (Å²) in [6.07, 6.45) is 1.53. The molecule has 0 saturated heterocycles. The van der Waals surface area contributed by atoms with E-state index in [1.807, 2.05) is 0 Å². The third-order valence-electron chi connectivity index (χ3n) is 2.31. The van der Waals surface area contributed by atoms with Crippen LogP contribution in [0.15, 0.2) is 36.5 Å². The fourth-order valence-electron chi connectivity index (χ4n) is 1.45. The minimum absolute atomic E-state index is 0.151. The van der Waals surface area contributed by atoms with Gasteiger partial charge in [0.1, 0.15) is 17.1 Å². The van der Waals surface area contributed by atoms with Crippen molar-refractivity contribution in [3.8, 4) is 11.5 Å². The standard InChI is InChI=1S/C12H11N3O3/c16-9-4-1-5-10(17)11(9)12(18)13-7-8-3-2-6-14-15-8/h1-6,16-17H,7H2,(H,13,18). The zero-order valence-electron chi connectivity index (χ0n) is 9.37. The fraction of sp³-hybridized carbons (Fsp3) is 0.0833. The molecule has 0 aliphatic heterocycles. The first-order valence-electron chi connectivity index (χ1n) is 5.24. The third-order valence-corrected chi connectivity index (χ3v) is 2.31. The molecule has 0 aliphatic rings. The van der Waals surface area contributed by atoms with Crippen LogP contribution in [0.3, 0.4) is 0 Å². The van der Waals surface area contributed by atoms with Crippen molar-refractivity contribution in [1.82, 2.24) is 15.5 Å². The number of phenolic OH excluding ortho intramolecular Hbond substituents is 2. The normalized spacial score (nSPS) is 10.0. The molecule has 1 amide bonds. The molecule has 0 spiro atoms. The van der Waals surface area contributed by atoms with Gasteiger partial charge in [-0.15, -0.1) is 0 Å². The molecule has 3 N–H and O–H groups in total. The SMILES string of the molecule is O=C(NCc1cccnn1)c1c(O)cccc1O. The molecular weight excluding hydrogens is 234 g/mol. The van der Waals surface area contributed by atoms with Crippen molar-refractivity contribution >= 4 is 5.91 Å². The average molecular weight is 245 g/mol. The van der Waals surface area contributed by atoms with Crippen LogP contribution in [0.2, 0.25) is 0 Å². The van der Waals surface area contributed by atoms with Crippen LogP contribution in [0.5, 0.6) is 11.5 Å². The van der Waals surface area contributed by atoms with Gasteiger partial charge in [0.05, 0.1) is 12.2 Å². The molecule has 0 saturated carbocycles. The van der Waals surface area contributed by atoms with E-state index in [0.29, 0.717) is 5.69 Å². The molecule has 1 aromatic carbocycles. The monoisotopic (exact) mass is 245 g/mol. The summed E-state index contributed by atoms with van der Waals surface area (Å²) >= 11 is 0. The first-order valence-corrected chi connectivity index (χ1v) is 5.24. The van der Waals surface area contributed by atoms with E-state index < -0.39 is 5.91 Å². The van der Waals surface area contributed by atoms with Gasteiger partial charge in [-0.05, 0) is 24.3 Å². The topological polar surface area (TPSA) is 95.3 Å². The number of phenols is 2. The average Bonchev–Trinajstić information content (AvgIpc) is 2.37. The molecule has 0 atom stereocenters. The Labute approximate surface area is 103 Å². The van der Waals surface area contributed by atoms with E-state index in [9.17, 15) is 15.0 Å². The predicted octanol–water partition coefficient (Wildman–Crippen LogP) is 0.818. The minimum atomic E-state index is -0.573. The molecule has 18 heavy (non-hydrogen) atoms. The Morgan fingerprint density at radius 1 is 1.17 bits per heavy atom. The van der Waals surface area contributed by atoms with Crippen molar-refractivity contribution in [1.29, 1.82) is 0 Å². The van der Waals surface area contributed by atoms with E-state index in [2.05, 4.69) is 15.5 Å². The van der Waals surface area contributed by atoms with Gasteiger partial charge in [0.25, 0.3) is 5.91 Å². The highest BCUT2D eigenvalue weighted by atomic mass is 16.3. The van der Waals surface area contributed by atoms with Gasteiger partial charge in [0, 0.05) is 6.20 Å². The van der Waals surface area contributed by atoms with Crippen LogP contribution in [0.25, 0.3) is 0 Å². The van der Waals surface area contributed by atoms with Gasteiger partial charge < -0.3 is 15.5 Å². The number of carbonyl (C=O) groups is 1. The number of amides is 1. The number of aromatic nitrogens is 2. The van der Waals surface area contributed by atoms with Gasteiger partial charge in [-0.3, -0.25) is 4.79 Å². The Morgan fingerprint density at radius 2 is 1.89 bits per heavy atom. The lowest BCUT2D eigenvalue weighted by Crippen LogP contribution is -2.23. The number of hydrogen-bond donors (Lipinski definition) is 3. The molecule has 0 aliphatic carbocycles. The summed E-state index contributed by atoms with van der Waals surface area (Å²) < 4.78 is 0. The summed E-state index contributed by atoms with van der Waals surface area (Å²) in [5.74, 6) is -1.12. The summed E-state index contributed by atoms with van der Waals surface area (Å²) in [6, 6.07) is 7.52. The molecule has 2 aromatic rings. The van der Waals surface area contributed by atoms with E-state index in [0.717, 1.165) is 0 Å². The van der Waals surface area contributed by atoms with Crippen molar-refractivity contribution in [3.63, 3.8) is 0 Å². The number of rotatable bonds is 3. The number of nitrogens with one attached hydrogen (secondary N) is 1. The Hall–Kier alpha value is -2.63. The lowest BCUT2D eigenvalue weighted by molar-refractivity contribution is 0.0945. The zero-order valence-corrected chi connectivity index (χ0v) is 9.37. The highest BCUT2D eigenvalue weighted by Gasteiger charge is 2.15. The lowest BCUT2D eigenvalue weighted by atomic mass is 10.1. The van der Waals surface area contributed by atoms with Crippen LogP contribution in [0, 0.1) is 0 Å². The quantitative estimate of drug-likeness (QED) is 0.744. The van der Waals surface area contributed by atoms with Crippen LogP contribution in [0.4, 0.5) is 0 Å². The molecule has 6 nitrogen and oxygen atoms in total. The van der Waals surface area contributed by atoms with Crippen molar-refractivity contribution in [2.24, 2.45) is 0 Å². The van der Waals surface area contributed by atoms with Gasteiger partial charge in [-0.1, -0.05) is 6.07 Å². The van der Waals surface area contributed by atoms with E-state index in [-0.39, 0.29) is 23.6 Å². The van der Waals surface area contributed by atoms with Crippen molar-refractivity contribution in [3.05, 3.63) is 47.8 Å². The molecule has 1 aromatic heterocycles. The Morgan fingerprint density at radius 3 is 2.50 bits per heavy atom. The third kappa shape index (κ3) is 2.54. The van der Waals surface area contributed by atoms with Gasteiger partial charge in [-0.2, -0.15) is 10.2 Å². The maximum absolute atomic E-state index is 11.8. The maximum atomic E-state index is 11.8. The largest absolute Gasteiger partial charge is 0.507 e. The predicted molar refractivity (Wildman–Crippen MR) is 63.0 cm³/mol. The molecule has 6 heteroatoms. The number of carbonyl (C=O) groups excluding carboxylic acids is 1. The molecule has 92 valence electrons. The van der Waals surface area contributed by atoms with Gasteiger partial charge in [0.15, 0.2) is 0 Å². The second kappa shape index (κ2) is 5.13. The van der Waals surface area contributed by atoms with Gasteiger partial charge in [0.2, 0.25) is 0 Å². The minimum Gasteiger partial charge on any atom is -0.507 e.